The number of carbonyl (C=O) groups excluding carboxylic acids is 1. The molecule has 1 aromatic carbocycles. The molecular formula is C24H34N2O2. The van der Waals surface area contributed by atoms with Gasteiger partial charge in [-0.2, -0.15) is 0 Å². The van der Waals surface area contributed by atoms with Crippen molar-refractivity contribution in [2.24, 2.45) is 28.4 Å². The van der Waals surface area contributed by atoms with Crippen LogP contribution < -0.4 is 5.73 Å². The molecule has 4 aliphatic carbocycles. The number of aldehydes is 1. The topological polar surface area (TPSA) is 66.6 Å². The van der Waals surface area contributed by atoms with Gasteiger partial charge in [0.25, 0.3) is 0 Å². The number of aliphatic hydroxyl groups excluding tert-OH is 1. The van der Waals surface area contributed by atoms with Crippen molar-refractivity contribution < 1.29 is 9.90 Å². The van der Waals surface area contributed by atoms with E-state index in [1.165, 1.54) is 37.5 Å². The number of piperidine rings is 1. The summed E-state index contributed by atoms with van der Waals surface area (Å²) in [6.07, 6.45) is 9.61. The van der Waals surface area contributed by atoms with E-state index in [2.05, 4.69) is 42.3 Å². The Hall–Kier alpha value is -1.23. The molecule has 4 heteroatoms. The Morgan fingerprint density at radius 1 is 1.18 bits per heavy atom. The monoisotopic (exact) mass is 382 g/mol. The van der Waals surface area contributed by atoms with Crippen LogP contribution in [0.1, 0.15) is 50.5 Å². The van der Waals surface area contributed by atoms with E-state index >= 15 is 0 Å². The fourth-order valence-electron chi connectivity index (χ4n) is 8.11. The summed E-state index contributed by atoms with van der Waals surface area (Å²) in [5.41, 5.74) is 7.91. The van der Waals surface area contributed by atoms with Crippen LogP contribution in [0.2, 0.25) is 0 Å². The molecule has 28 heavy (non-hydrogen) atoms. The second-order valence-corrected chi connectivity index (χ2v) is 10.6. The summed E-state index contributed by atoms with van der Waals surface area (Å²) in [7, 11) is 2.08. The second kappa shape index (κ2) is 6.13. The Morgan fingerprint density at radius 3 is 2.50 bits per heavy atom. The van der Waals surface area contributed by atoms with E-state index < -0.39 is 0 Å². The summed E-state index contributed by atoms with van der Waals surface area (Å²) in [6, 6.07) is 11.0. The Morgan fingerprint density at radius 2 is 1.89 bits per heavy atom. The standard InChI is InChI=1S/C17H18O.C7H16N2O/c18-11-15-7-12-6-14-9-16(10-15,17(14,15)8-12)13-4-2-1-3-5-13;1-9-4-2-7(8,6-10)3-5-9/h1-5,11-12,14H,6-10H2;10H,2-6,8H2,1H3. The highest BCUT2D eigenvalue weighted by Gasteiger charge is 2.87. The molecule has 1 aliphatic heterocycles. The van der Waals surface area contributed by atoms with Crippen LogP contribution in [-0.2, 0) is 10.2 Å². The van der Waals surface area contributed by atoms with Crippen molar-refractivity contribution in [3.8, 4) is 0 Å². The number of hydrogen-bond acceptors (Lipinski definition) is 4. The average molecular weight is 383 g/mol. The lowest BCUT2D eigenvalue weighted by atomic mass is 9.24. The van der Waals surface area contributed by atoms with Gasteiger partial charge in [-0.3, -0.25) is 0 Å². The molecule has 152 valence electrons. The molecule has 4 nitrogen and oxygen atoms in total. The number of aliphatic hydroxyl groups is 1. The number of rotatable bonds is 3. The van der Waals surface area contributed by atoms with Crippen molar-refractivity contribution in [2.45, 2.75) is 55.9 Å². The average Bonchev–Trinajstić information content (AvgIpc) is 3.21. The van der Waals surface area contributed by atoms with E-state index in [4.69, 9.17) is 10.8 Å². The Bertz CT molecular complexity index is 759. The van der Waals surface area contributed by atoms with Crippen LogP contribution >= 0.6 is 0 Å². The van der Waals surface area contributed by atoms with Crippen LogP contribution in [0, 0.1) is 22.7 Å². The van der Waals surface area contributed by atoms with Gasteiger partial charge in [-0.1, -0.05) is 30.3 Å². The third kappa shape index (κ3) is 2.20. The molecule has 0 amide bonds. The van der Waals surface area contributed by atoms with Crippen LogP contribution in [0.15, 0.2) is 30.3 Å². The highest BCUT2D eigenvalue weighted by atomic mass is 16.3. The van der Waals surface area contributed by atoms with Crippen molar-refractivity contribution >= 4 is 6.29 Å². The third-order valence-corrected chi connectivity index (χ3v) is 9.38. The minimum Gasteiger partial charge on any atom is -0.394 e. The molecule has 1 spiro atoms. The zero-order chi connectivity index (χ0) is 19.6. The summed E-state index contributed by atoms with van der Waals surface area (Å²) in [5.74, 6) is 1.71. The van der Waals surface area contributed by atoms with E-state index in [9.17, 15) is 4.79 Å². The summed E-state index contributed by atoms with van der Waals surface area (Å²) >= 11 is 0. The van der Waals surface area contributed by atoms with Crippen molar-refractivity contribution in [1.82, 2.24) is 4.90 Å². The molecule has 1 saturated heterocycles. The van der Waals surface area contributed by atoms with Crippen molar-refractivity contribution in [1.29, 1.82) is 0 Å². The second-order valence-electron chi connectivity index (χ2n) is 10.6. The maximum absolute atomic E-state index is 11.7. The molecule has 5 atom stereocenters. The molecule has 3 N–H and O–H groups in total. The zero-order valence-corrected chi connectivity index (χ0v) is 17.1. The fourth-order valence-corrected chi connectivity index (χ4v) is 8.11. The normalized spacial score (nSPS) is 44.5. The minimum atomic E-state index is -0.285. The summed E-state index contributed by atoms with van der Waals surface area (Å²) in [5, 5.41) is 8.89. The number of nitrogens with zero attached hydrogens (tertiary/aromatic N) is 1. The number of nitrogens with two attached hydrogens (primary N) is 1. The van der Waals surface area contributed by atoms with E-state index in [1.807, 2.05) is 0 Å². The number of hydrogen-bond donors (Lipinski definition) is 2. The predicted octanol–water partition coefficient (Wildman–Crippen LogP) is 2.74. The summed E-state index contributed by atoms with van der Waals surface area (Å²) in [4.78, 5) is 14.0. The summed E-state index contributed by atoms with van der Waals surface area (Å²) < 4.78 is 0. The van der Waals surface area contributed by atoms with Crippen molar-refractivity contribution in [3.63, 3.8) is 0 Å². The molecular weight excluding hydrogens is 348 g/mol. The van der Waals surface area contributed by atoms with E-state index in [0.29, 0.717) is 10.8 Å². The Labute approximate surface area is 168 Å². The van der Waals surface area contributed by atoms with Crippen LogP contribution in [0.25, 0.3) is 0 Å². The van der Waals surface area contributed by atoms with Crippen LogP contribution in [0.5, 0.6) is 0 Å². The van der Waals surface area contributed by atoms with Gasteiger partial charge < -0.3 is 20.5 Å². The SMILES string of the molecule is CN1CCC(N)(CO)CC1.O=CC12CC3CC4CC(c5ccccc5)(C1)C42C3. The fraction of sp³-hybridized carbons (Fsp3) is 0.708. The van der Waals surface area contributed by atoms with Gasteiger partial charge in [-0.15, -0.1) is 0 Å². The zero-order valence-electron chi connectivity index (χ0n) is 17.1. The van der Waals surface area contributed by atoms with Crippen molar-refractivity contribution in [2.75, 3.05) is 26.7 Å². The number of likely N-dealkylation sites (tertiary alicyclic amines) is 1. The molecule has 1 aromatic rings. The summed E-state index contributed by atoms with van der Waals surface area (Å²) in [6.45, 7) is 2.15. The molecule has 4 saturated carbocycles. The minimum absolute atomic E-state index is 0.0781. The van der Waals surface area contributed by atoms with Gasteiger partial charge in [-0.05, 0) is 87.9 Å². The lowest BCUT2D eigenvalue weighted by Gasteiger charge is -2.78. The molecule has 5 unspecified atom stereocenters. The van der Waals surface area contributed by atoms with Gasteiger partial charge in [0.2, 0.25) is 0 Å². The molecule has 0 radical (unpaired) electrons. The molecule has 6 rings (SSSR count). The molecule has 5 aliphatic rings. The molecule has 1 heterocycles. The van der Waals surface area contributed by atoms with Gasteiger partial charge in [0.05, 0.1) is 6.61 Å². The van der Waals surface area contributed by atoms with Gasteiger partial charge in [0, 0.05) is 16.4 Å². The van der Waals surface area contributed by atoms with Crippen LogP contribution in [-0.4, -0.2) is 48.6 Å². The first-order valence-electron chi connectivity index (χ1n) is 11.0. The molecule has 5 fully saturated rings. The number of benzene rings is 1. The predicted molar refractivity (Wildman–Crippen MR) is 110 cm³/mol. The maximum Gasteiger partial charge on any atom is 0.126 e. The highest BCUT2D eigenvalue weighted by molar-refractivity contribution is 5.71. The van der Waals surface area contributed by atoms with Gasteiger partial charge in [0.1, 0.15) is 6.29 Å². The first-order chi connectivity index (χ1) is 13.4. The number of carbonyl (C=O) groups is 1. The first-order valence-corrected chi connectivity index (χ1v) is 11.0. The lowest BCUT2D eigenvalue weighted by Crippen LogP contribution is -2.76. The smallest absolute Gasteiger partial charge is 0.126 e. The largest absolute Gasteiger partial charge is 0.394 e. The van der Waals surface area contributed by atoms with E-state index in [0.717, 1.165) is 44.2 Å². The van der Waals surface area contributed by atoms with E-state index in [-0.39, 0.29) is 17.6 Å². The van der Waals surface area contributed by atoms with Crippen LogP contribution in [0.3, 0.4) is 0 Å². The maximum atomic E-state index is 11.7. The third-order valence-electron chi connectivity index (χ3n) is 9.38. The van der Waals surface area contributed by atoms with Crippen LogP contribution in [0.4, 0.5) is 0 Å². The van der Waals surface area contributed by atoms with Crippen molar-refractivity contribution in [3.05, 3.63) is 35.9 Å². The quantitative estimate of drug-likeness (QED) is 0.789. The van der Waals surface area contributed by atoms with Gasteiger partial charge >= 0.3 is 0 Å². The Balaban J connectivity index is 0.000000147. The molecule has 2 bridgehead atoms. The number of fused-ring (bicyclic) bond motifs is 1. The van der Waals surface area contributed by atoms with E-state index in [1.54, 1.807) is 0 Å². The van der Waals surface area contributed by atoms with Gasteiger partial charge in [-0.25, -0.2) is 0 Å². The van der Waals surface area contributed by atoms with Gasteiger partial charge in [0.15, 0.2) is 0 Å². The Kier molecular flexibility index (Phi) is 4.11. The lowest BCUT2D eigenvalue weighted by molar-refractivity contribution is -0.251. The molecule has 0 aromatic heterocycles. The highest BCUT2D eigenvalue weighted by Crippen LogP contribution is 2.90. The first kappa shape index (κ1) is 18.8.